The summed E-state index contributed by atoms with van der Waals surface area (Å²) in [6.45, 7) is 4.01. The Kier molecular flexibility index (Phi) is 3.29. The van der Waals surface area contributed by atoms with E-state index in [2.05, 4.69) is 10.4 Å². The first-order chi connectivity index (χ1) is 10.1. The molecule has 0 saturated heterocycles. The predicted octanol–water partition coefficient (Wildman–Crippen LogP) is 3.76. The van der Waals surface area contributed by atoms with Crippen molar-refractivity contribution >= 4 is 16.5 Å². The number of benzene rings is 2. The van der Waals surface area contributed by atoms with Crippen molar-refractivity contribution in [1.29, 1.82) is 0 Å². The highest BCUT2D eigenvalue weighted by Crippen LogP contribution is 2.34. The van der Waals surface area contributed by atoms with E-state index in [1.54, 1.807) is 4.68 Å². The number of fused-ring (bicyclic) bond motifs is 1. The van der Waals surface area contributed by atoms with Crippen molar-refractivity contribution in [3.05, 3.63) is 53.9 Å². The lowest BCUT2D eigenvalue weighted by molar-refractivity contribution is 0.472. The van der Waals surface area contributed by atoms with Crippen LogP contribution in [0.3, 0.4) is 0 Å². The second kappa shape index (κ2) is 5.13. The molecule has 0 saturated carbocycles. The van der Waals surface area contributed by atoms with E-state index in [9.17, 15) is 5.11 Å². The normalized spacial score (nSPS) is 12.5. The Bertz CT molecular complexity index is 792. The molecule has 0 radical (unpaired) electrons. The molecule has 108 valence electrons. The monoisotopic (exact) mass is 281 g/mol. The second-order valence-electron chi connectivity index (χ2n) is 5.39. The van der Waals surface area contributed by atoms with Crippen LogP contribution >= 0.6 is 0 Å². The maximum Gasteiger partial charge on any atom is 0.128 e. The summed E-state index contributed by atoms with van der Waals surface area (Å²) in [6, 6.07) is 11.9. The van der Waals surface area contributed by atoms with Crippen LogP contribution in [-0.2, 0) is 7.05 Å². The average Bonchev–Trinajstić information content (AvgIpc) is 2.77. The van der Waals surface area contributed by atoms with Gasteiger partial charge in [0.2, 0.25) is 0 Å². The summed E-state index contributed by atoms with van der Waals surface area (Å²) in [6.07, 6.45) is 1.95. The number of phenolic OH excluding ortho intramolecular Hbond substituents is 1. The van der Waals surface area contributed by atoms with Gasteiger partial charge < -0.3 is 10.4 Å². The van der Waals surface area contributed by atoms with Crippen LogP contribution in [0.4, 0.5) is 5.69 Å². The van der Waals surface area contributed by atoms with Gasteiger partial charge in [-0.05, 0) is 19.2 Å². The lowest BCUT2D eigenvalue weighted by Crippen LogP contribution is -2.07. The molecule has 4 heteroatoms. The highest BCUT2D eigenvalue weighted by Gasteiger charge is 2.14. The van der Waals surface area contributed by atoms with E-state index in [0.29, 0.717) is 5.75 Å². The minimum absolute atomic E-state index is 0.00231. The quantitative estimate of drug-likeness (QED) is 0.768. The largest absolute Gasteiger partial charge is 0.507 e. The molecule has 3 rings (SSSR count). The summed E-state index contributed by atoms with van der Waals surface area (Å²) >= 11 is 0. The van der Waals surface area contributed by atoms with Crippen molar-refractivity contribution in [2.24, 2.45) is 7.05 Å². The number of aromatic nitrogens is 2. The third-order valence-electron chi connectivity index (χ3n) is 3.78. The molecular weight excluding hydrogens is 262 g/mol. The number of aryl methyl sites for hydroxylation is 2. The Morgan fingerprint density at radius 2 is 1.95 bits per heavy atom. The van der Waals surface area contributed by atoms with Crippen molar-refractivity contribution in [2.45, 2.75) is 19.9 Å². The van der Waals surface area contributed by atoms with Gasteiger partial charge >= 0.3 is 0 Å². The molecule has 2 N–H and O–H groups in total. The van der Waals surface area contributed by atoms with Crippen LogP contribution in [0.5, 0.6) is 5.75 Å². The zero-order valence-corrected chi connectivity index (χ0v) is 12.5. The third-order valence-corrected chi connectivity index (χ3v) is 3.78. The van der Waals surface area contributed by atoms with Crippen LogP contribution in [0.1, 0.15) is 24.2 Å². The molecule has 21 heavy (non-hydrogen) atoms. The van der Waals surface area contributed by atoms with Crippen molar-refractivity contribution in [2.75, 3.05) is 5.32 Å². The van der Waals surface area contributed by atoms with Crippen LogP contribution in [-0.4, -0.2) is 14.9 Å². The highest BCUT2D eigenvalue weighted by molar-refractivity contribution is 5.89. The van der Waals surface area contributed by atoms with Gasteiger partial charge in [-0.25, -0.2) is 0 Å². The molecule has 0 amide bonds. The molecule has 0 spiro atoms. The van der Waals surface area contributed by atoms with Crippen molar-refractivity contribution in [3.8, 4) is 5.75 Å². The SMILES string of the molecule is Cc1nn(C)cc1NC(C)c1ccc2ccccc2c1O. The van der Waals surface area contributed by atoms with E-state index in [1.165, 1.54) is 0 Å². The Labute approximate surface area is 124 Å². The number of hydrogen-bond donors (Lipinski definition) is 2. The summed E-state index contributed by atoms with van der Waals surface area (Å²) in [5, 5.41) is 20.2. The fraction of sp³-hybridized carbons (Fsp3) is 0.235. The molecule has 3 aromatic rings. The van der Waals surface area contributed by atoms with Gasteiger partial charge in [0.05, 0.1) is 17.4 Å². The molecule has 1 heterocycles. The summed E-state index contributed by atoms with van der Waals surface area (Å²) in [7, 11) is 1.90. The molecule has 0 aliphatic rings. The smallest absolute Gasteiger partial charge is 0.128 e. The Hall–Kier alpha value is -2.49. The zero-order valence-electron chi connectivity index (χ0n) is 12.5. The van der Waals surface area contributed by atoms with Crippen LogP contribution in [0.2, 0.25) is 0 Å². The highest BCUT2D eigenvalue weighted by atomic mass is 16.3. The number of aromatic hydroxyl groups is 1. The maximum atomic E-state index is 10.5. The van der Waals surface area contributed by atoms with Gasteiger partial charge in [0.1, 0.15) is 5.75 Å². The molecule has 1 atom stereocenters. The predicted molar refractivity (Wildman–Crippen MR) is 85.6 cm³/mol. The van der Waals surface area contributed by atoms with Gasteiger partial charge in [-0.2, -0.15) is 5.10 Å². The second-order valence-corrected chi connectivity index (χ2v) is 5.39. The fourth-order valence-electron chi connectivity index (χ4n) is 2.67. The van der Waals surface area contributed by atoms with Crippen LogP contribution in [0.15, 0.2) is 42.6 Å². The summed E-state index contributed by atoms with van der Waals surface area (Å²) in [5.74, 6) is 0.342. The number of rotatable bonds is 3. The first-order valence-corrected chi connectivity index (χ1v) is 7.03. The Balaban J connectivity index is 1.96. The van der Waals surface area contributed by atoms with Crippen molar-refractivity contribution < 1.29 is 5.11 Å². The lowest BCUT2D eigenvalue weighted by Gasteiger charge is -2.17. The summed E-state index contributed by atoms with van der Waals surface area (Å²) in [4.78, 5) is 0. The van der Waals surface area contributed by atoms with E-state index >= 15 is 0 Å². The van der Waals surface area contributed by atoms with Gasteiger partial charge in [-0.3, -0.25) is 4.68 Å². The van der Waals surface area contributed by atoms with Crippen molar-refractivity contribution in [1.82, 2.24) is 9.78 Å². The minimum Gasteiger partial charge on any atom is -0.507 e. The standard InChI is InChI=1S/C17H19N3O/c1-11(18-16-10-20(3)19-12(16)2)14-9-8-13-6-4-5-7-15(13)17(14)21/h4-11,18,21H,1-3H3. The maximum absolute atomic E-state index is 10.5. The molecule has 2 aromatic carbocycles. The molecule has 0 aliphatic carbocycles. The molecular formula is C17H19N3O. The van der Waals surface area contributed by atoms with Crippen LogP contribution < -0.4 is 5.32 Å². The summed E-state index contributed by atoms with van der Waals surface area (Å²) < 4.78 is 1.78. The zero-order chi connectivity index (χ0) is 15.0. The first-order valence-electron chi connectivity index (χ1n) is 7.03. The van der Waals surface area contributed by atoms with Gasteiger partial charge in [0.25, 0.3) is 0 Å². The molecule has 0 aliphatic heterocycles. The Morgan fingerprint density at radius 1 is 1.19 bits per heavy atom. The lowest BCUT2D eigenvalue weighted by atomic mass is 10.0. The minimum atomic E-state index is -0.00231. The van der Waals surface area contributed by atoms with Gasteiger partial charge in [0.15, 0.2) is 0 Å². The van der Waals surface area contributed by atoms with E-state index in [-0.39, 0.29) is 6.04 Å². The van der Waals surface area contributed by atoms with E-state index in [0.717, 1.165) is 27.7 Å². The van der Waals surface area contributed by atoms with E-state index < -0.39 is 0 Å². The van der Waals surface area contributed by atoms with Crippen LogP contribution in [0, 0.1) is 6.92 Å². The van der Waals surface area contributed by atoms with Crippen LogP contribution in [0.25, 0.3) is 10.8 Å². The van der Waals surface area contributed by atoms with E-state index in [4.69, 9.17) is 0 Å². The first kappa shape index (κ1) is 13.5. The fourth-order valence-corrected chi connectivity index (χ4v) is 2.67. The third kappa shape index (κ3) is 2.44. The molecule has 4 nitrogen and oxygen atoms in total. The number of nitrogens with zero attached hydrogens (tertiary/aromatic N) is 2. The Morgan fingerprint density at radius 3 is 2.67 bits per heavy atom. The van der Waals surface area contributed by atoms with Gasteiger partial charge in [-0.1, -0.05) is 36.4 Å². The number of nitrogens with one attached hydrogen (secondary N) is 1. The van der Waals surface area contributed by atoms with Crippen molar-refractivity contribution in [3.63, 3.8) is 0 Å². The topological polar surface area (TPSA) is 50.1 Å². The van der Waals surface area contributed by atoms with Gasteiger partial charge in [-0.15, -0.1) is 0 Å². The number of hydrogen-bond acceptors (Lipinski definition) is 3. The average molecular weight is 281 g/mol. The van der Waals surface area contributed by atoms with Gasteiger partial charge in [0, 0.05) is 24.2 Å². The molecule has 1 unspecified atom stereocenters. The summed E-state index contributed by atoms with van der Waals surface area (Å²) in [5.41, 5.74) is 2.82. The molecule has 0 fully saturated rings. The van der Waals surface area contributed by atoms with E-state index in [1.807, 2.05) is 63.5 Å². The number of anilines is 1. The molecule has 0 bridgehead atoms. The molecule has 1 aromatic heterocycles. The number of phenols is 1.